The number of nitrogens with one attached hydrogen (secondary N) is 2. The lowest BCUT2D eigenvalue weighted by Gasteiger charge is -2.24. The van der Waals surface area contributed by atoms with Crippen molar-refractivity contribution in [1.82, 2.24) is 15.5 Å². The van der Waals surface area contributed by atoms with Gasteiger partial charge in [0, 0.05) is 33.7 Å². The second kappa shape index (κ2) is 10.4. The van der Waals surface area contributed by atoms with Crippen molar-refractivity contribution in [3.05, 3.63) is 23.8 Å². The average Bonchev–Trinajstić information content (AvgIpc) is 3.03. The Morgan fingerprint density at radius 2 is 1.96 bits per heavy atom. The van der Waals surface area contributed by atoms with Gasteiger partial charge in [0.15, 0.2) is 17.5 Å². The van der Waals surface area contributed by atoms with E-state index in [0.29, 0.717) is 25.6 Å². The third-order valence-electron chi connectivity index (χ3n) is 3.57. The minimum Gasteiger partial charge on any atom is -0.454 e. The molecular weight excluding hydrogens is 463 g/mol. The Morgan fingerprint density at radius 3 is 2.63 bits per heavy atom. The first-order chi connectivity index (χ1) is 12.3. The first kappa shape index (κ1) is 23.1. The van der Waals surface area contributed by atoms with Gasteiger partial charge in [-0.2, -0.15) is 0 Å². The standard InChI is InChI=1S/C18H28N4O4.HI/c1-18(2,3)26-17(23)22(5)9-8-20-16(19-4)21-11-13-6-7-14-15(10-13)25-12-24-14;/h6-7,10H,8-9,11-12H2,1-5H3,(H2,19,20,21);1H. The number of guanidine groups is 1. The van der Waals surface area contributed by atoms with Gasteiger partial charge in [0.25, 0.3) is 0 Å². The van der Waals surface area contributed by atoms with Crippen molar-refractivity contribution in [2.75, 3.05) is 34.0 Å². The Balaban J connectivity index is 0.00000364. The van der Waals surface area contributed by atoms with Gasteiger partial charge in [-0.3, -0.25) is 4.99 Å². The molecule has 0 saturated carbocycles. The Labute approximate surface area is 177 Å². The number of carbonyl (C=O) groups excluding carboxylic acids is 1. The lowest BCUT2D eigenvalue weighted by Crippen LogP contribution is -2.42. The molecule has 152 valence electrons. The van der Waals surface area contributed by atoms with Gasteiger partial charge in [0.1, 0.15) is 5.60 Å². The second-order valence-electron chi connectivity index (χ2n) is 6.94. The van der Waals surface area contributed by atoms with E-state index in [1.807, 2.05) is 39.0 Å². The number of aliphatic imine (C=N–C) groups is 1. The number of carbonyl (C=O) groups is 1. The highest BCUT2D eigenvalue weighted by molar-refractivity contribution is 14.0. The molecule has 1 aliphatic heterocycles. The molecule has 2 N–H and O–H groups in total. The van der Waals surface area contributed by atoms with Crippen molar-refractivity contribution in [3.63, 3.8) is 0 Å². The van der Waals surface area contributed by atoms with Crippen LogP contribution in [0.5, 0.6) is 11.5 Å². The molecule has 0 saturated heterocycles. The van der Waals surface area contributed by atoms with E-state index in [2.05, 4.69) is 15.6 Å². The van der Waals surface area contributed by atoms with Gasteiger partial charge in [-0.05, 0) is 38.5 Å². The molecule has 1 amide bonds. The predicted octanol–water partition coefficient (Wildman–Crippen LogP) is 2.57. The molecule has 8 nitrogen and oxygen atoms in total. The topological polar surface area (TPSA) is 84.4 Å². The zero-order valence-corrected chi connectivity index (χ0v) is 18.8. The van der Waals surface area contributed by atoms with Crippen LogP contribution < -0.4 is 20.1 Å². The Morgan fingerprint density at radius 1 is 1.26 bits per heavy atom. The first-order valence-electron chi connectivity index (χ1n) is 8.55. The Bertz CT molecular complexity index is 661. The molecule has 1 aliphatic rings. The number of fused-ring (bicyclic) bond motifs is 1. The fourth-order valence-electron chi connectivity index (χ4n) is 2.23. The molecule has 1 aromatic carbocycles. The summed E-state index contributed by atoms with van der Waals surface area (Å²) in [5, 5.41) is 6.40. The third-order valence-corrected chi connectivity index (χ3v) is 3.57. The van der Waals surface area contributed by atoms with Crippen molar-refractivity contribution in [3.8, 4) is 11.5 Å². The van der Waals surface area contributed by atoms with Gasteiger partial charge in [-0.25, -0.2) is 4.79 Å². The van der Waals surface area contributed by atoms with Gasteiger partial charge >= 0.3 is 6.09 Å². The number of hydrogen-bond donors (Lipinski definition) is 2. The smallest absolute Gasteiger partial charge is 0.410 e. The highest BCUT2D eigenvalue weighted by Crippen LogP contribution is 2.32. The molecule has 0 radical (unpaired) electrons. The Kier molecular flexibility index (Phi) is 8.94. The van der Waals surface area contributed by atoms with E-state index in [1.165, 1.54) is 4.90 Å². The van der Waals surface area contributed by atoms with Gasteiger partial charge < -0.3 is 29.7 Å². The van der Waals surface area contributed by atoms with Gasteiger partial charge in [0.2, 0.25) is 6.79 Å². The zero-order chi connectivity index (χ0) is 19.2. The molecule has 1 heterocycles. The number of nitrogens with zero attached hydrogens (tertiary/aromatic N) is 2. The van der Waals surface area contributed by atoms with Crippen molar-refractivity contribution in [2.45, 2.75) is 32.9 Å². The summed E-state index contributed by atoms with van der Waals surface area (Å²) in [7, 11) is 3.41. The number of benzene rings is 1. The summed E-state index contributed by atoms with van der Waals surface area (Å²) in [6.07, 6.45) is -0.345. The van der Waals surface area contributed by atoms with Crippen molar-refractivity contribution < 1.29 is 19.0 Å². The quantitative estimate of drug-likeness (QED) is 0.374. The Hall–Kier alpha value is -1.91. The lowest BCUT2D eigenvalue weighted by molar-refractivity contribution is 0.0302. The fourth-order valence-corrected chi connectivity index (χ4v) is 2.23. The van der Waals surface area contributed by atoms with Crippen molar-refractivity contribution >= 4 is 36.0 Å². The maximum atomic E-state index is 11.9. The van der Waals surface area contributed by atoms with Crippen LogP contribution >= 0.6 is 24.0 Å². The van der Waals surface area contributed by atoms with Crippen LogP contribution in [0.2, 0.25) is 0 Å². The molecule has 27 heavy (non-hydrogen) atoms. The number of ether oxygens (including phenoxy) is 3. The molecule has 0 atom stereocenters. The molecule has 0 fully saturated rings. The van der Waals surface area contributed by atoms with Gasteiger partial charge in [0.05, 0.1) is 0 Å². The number of amides is 1. The monoisotopic (exact) mass is 492 g/mol. The minimum atomic E-state index is -0.499. The van der Waals surface area contributed by atoms with Crippen LogP contribution in [-0.2, 0) is 11.3 Å². The zero-order valence-electron chi connectivity index (χ0n) is 16.5. The van der Waals surface area contributed by atoms with E-state index < -0.39 is 5.60 Å². The summed E-state index contributed by atoms with van der Waals surface area (Å²) in [6.45, 7) is 7.45. The highest BCUT2D eigenvalue weighted by Gasteiger charge is 2.19. The van der Waals surface area contributed by atoms with Crippen LogP contribution in [0.1, 0.15) is 26.3 Å². The highest BCUT2D eigenvalue weighted by atomic mass is 127. The van der Waals surface area contributed by atoms with Gasteiger partial charge in [-0.1, -0.05) is 6.07 Å². The summed E-state index contributed by atoms with van der Waals surface area (Å²) in [4.78, 5) is 17.6. The van der Waals surface area contributed by atoms with Crippen LogP contribution in [0.15, 0.2) is 23.2 Å². The average molecular weight is 492 g/mol. The molecule has 0 aromatic heterocycles. The summed E-state index contributed by atoms with van der Waals surface area (Å²) < 4.78 is 16.0. The van der Waals surface area contributed by atoms with E-state index in [0.717, 1.165) is 17.1 Å². The molecule has 0 unspecified atom stereocenters. The number of halogens is 1. The molecule has 0 aliphatic carbocycles. The summed E-state index contributed by atoms with van der Waals surface area (Å²) >= 11 is 0. The molecular formula is C18H29IN4O4. The van der Waals surface area contributed by atoms with Crippen LogP contribution in [0.4, 0.5) is 4.79 Å². The number of likely N-dealkylation sites (N-methyl/N-ethyl adjacent to an activating group) is 1. The summed E-state index contributed by atoms with van der Waals surface area (Å²) in [6, 6.07) is 5.81. The molecule has 9 heteroatoms. The summed E-state index contributed by atoms with van der Waals surface area (Å²) in [5.74, 6) is 2.17. The first-order valence-corrected chi connectivity index (χ1v) is 8.55. The molecule has 1 aromatic rings. The van der Waals surface area contributed by atoms with Crippen LogP contribution in [0, 0.1) is 0 Å². The van der Waals surface area contributed by atoms with E-state index in [4.69, 9.17) is 14.2 Å². The largest absolute Gasteiger partial charge is 0.454 e. The lowest BCUT2D eigenvalue weighted by atomic mass is 10.2. The molecule has 2 rings (SSSR count). The van der Waals surface area contributed by atoms with Crippen LogP contribution in [0.3, 0.4) is 0 Å². The SMILES string of the molecule is CN=C(NCCN(C)C(=O)OC(C)(C)C)NCc1ccc2c(c1)OCO2.I. The number of rotatable bonds is 5. The van der Waals surface area contributed by atoms with Crippen LogP contribution in [0.25, 0.3) is 0 Å². The van der Waals surface area contributed by atoms with E-state index in [-0.39, 0.29) is 36.9 Å². The van der Waals surface area contributed by atoms with E-state index in [9.17, 15) is 4.79 Å². The van der Waals surface area contributed by atoms with Crippen LogP contribution in [-0.4, -0.2) is 56.5 Å². The maximum Gasteiger partial charge on any atom is 0.410 e. The van der Waals surface area contributed by atoms with E-state index >= 15 is 0 Å². The summed E-state index contributed by atoms with van der Waals surface area (Å²) in [5.41, 5.74) is 0.559. The molecule has 0 bridgehead atoms. The maximum absolute atomic E-state index is 11.9. The number of hydrogen-bond acceptors (Lipinski definition) is 5. The third kappa shape index (κ3) is 7.69. The van der Waals surface area contributed by atoms with Crippen molar-refractivity contribution in [2.24, 2.45) is 4.99 Å². The molecule has 0 spiro atoms. The minimum absolute atomic E-state index is 0. The normalized spacial score (nSPS) is 12.9. The fraction of sp³-hybridized carbons (Fsp3) is 0.556. The van der Waals surface area contributed by atoms with E-state index in [1.54, 1.807) is 14.1 Å². The van der Waals surface area contributed by atoms with Crippen molar-refractivity contribution in [1.29, 1.82) is 0 Å². The predicted molar refractivity (Wildman–Crippen MR) is 115 cm³/mol. The second-order valence-corrected chi connectivity index (χ2v) is 6.94. The van der Waals surface area contributed by atoms with Gasteiger partial charge in [-0.15, -0.1) is 24.0 Å².